The zero-order chi connectivity index (χ0) is 16.3. The number of amides is 1. The van der Waals surface area contributed by atoms with Gasteiger partial charge in [0.1, 0.15) is 0 Å². The highest BCUT2D eigenvalue weighted by Gasteiger charge is 2.24. The number of thioether (sulfide) groups is 1. The van der Waals surface area contributed by atoms with E-state index in [2.05, 4.69) is 20.8 Å². The standard InChI is InChI=1S/C15H21N5OS/c1-10-8-6-7-9-12(10)16-13(21)11(2)22-14-17-18-19-20(14)15(3,4)5/h6-9,11H,1-5H3,(H,16,21). The van der Waals surface area contributed by atoms with Crippen LogP contribution in [0.5, 0.6) is 0 Å². The molecular formula is C15H21N5OS. The average Bonchev–Trinajstić information content (AvgIpc) is 2.89. The van der Waals surface area contributed by atoms with Crippen molar-refractivity contribution < 1.29 is 4.79 Å². The number of aromatic nitrogens is 4. The molecular weight excluding hydrogens is 298 g/mol. The number of anilines is 1. The maximum absolute atomic E-state index is 12.3. The Labute approximate surface area is 134 Å². The van der Waals surface area contributed by atoms with Crippen LogP contribution >= 0.6 is 11.8 Å². The van der Waals surface area contributed by atoms with Gasteiger partial charge in [0.25, 0.3) is 0 Å². The predicted molar refractivity (Wildman–Crippen MR) is 87.9 cm³/mol. The summed E-state index contributed by atoms with van der Waals surface area (Å²) in [5, 5.41) is 15.0. The fourth-order valence-corrected chi connectivity index (χ4v) is 2.81. The van der Waals surface area contributed by atoms with Gasteiger partial charge in [-0.3, -0.25) is 4.79 Å². The van der Waals surface area contributed by atoms with E-state index in [0.717, 1.165) is 11.3 Å². The molecule has 22 heavy (non-hydrogen) atoms. The lowest BCUT2D eigenvalue weighted by Gasteiger charge is -2.20. The van der Waals surface area contributed by atoms with E-state index in [4.69, 9.17) is 0 Å². The number of aryl methyl sites for hydroxylation is 1. The van der Waals surface area contributed by atoms with E-state index < -0.39 is 0 Å². The molecule has 1 aromatic heterocycles. The van der Waals surface area contributed by atoms with Crippen LogP contribution in [0.25, 0.3) is 0 Å². The molecule has 0 spiro atoms. The van der Waals surface area contributed by atoms with Crippen LogP contribution in [0.15, 0.2) is 29.4 Å². The number of nitrogens with zero attached hydrogens (tertiary/aromatic N) is 4. The molecule has 0 fully saturated rings. The Balaban J connectivity index is 2.07. The van der Waals surface area contributed by atoms with Crippen molar-refractivity contribution in [1.82, 2.24) is 20.2 Å². The second-order valence-electron chi connectivity index (χ2n) is 6.11. The molecule has 2 aromatic rings. The lowest BCUT2D eigenvalue weighted by atomic mass is 10.1. The molecule has 0 saturated carbocycles. The summed E-state index contributed by atoms with van der Waals surface area (Å²) in [6.45, 7) is 9.87. The van der Waals surface area contributed by atoms with Gasteiger partial charge in [0.15, 0.2) is 0 Å². The van der Waals surface area contributed by atoms with E-state index in [0.29, 0.717) is 5.16 Å². The van der Waals surface area contributed by atoms with Crippen LogP contribution < -0.4 is 5.32 Å². The van der Waals surface area contributed by atoms with E-state index in [1.165, 1.54) is 11.8 Å². The van der Waals surface area contributed by atoms with Crippen molar-refractivity contribution in [2.45, 2.75) is 50.6 Å². The Morgan fingerprint density at radius 3 is 2.64 bits per heavy atom. The summed E-state index contributed by atoms with van der Waals surface area (Å²) in [4.78, 5) is 12.3. The molecule has 1 amide bonds. The van der Waals surface area contributed by atoms with Gasteiger partial charge in [0.05, 0.1) is 10.8 Å². The predicted octanol–water partition coefficient (Wildman–Crippen LogP) is 2.86. The van der Waals surface area contributed by atoms with Gasteiger partial charge in [0.2, 0.25) is 11.1 Å². The molecule has 0 bridgehead atoms. The number of nitrogens with one attached hydrogen (secondary N) is 1. The Hall–Kier alpha value is -1.89. The zero-order valence-electron chi connectivity index (χ0n) is 13.5. The monoisotopic (exact) mass is 319 g/mol. The van der Waals surface area contributed by atoms with Crippen LogP contribution in [0.1, 0.15) is 33.3 Å². The molecule has 1 heterocycles. The van der Waals surface area contributed by atoms with Gasteiger partial charge in [-0.25, -0.2) is 4.68 Å². The fourth-order valence-electron chi connectivity index (χ4n) is 1.83. The zero-order valence-corrected chi connectivity index (χ0v) is 14.3. The normalized spacial score (nSPS) is 13.0. The lowest BCUT2D eigenvalue weighted by Crippen LogP contribution is -2.27. The number of benzene rings is 1. The van der Waals surface area contributed by atoms with E-state index in [1.807, 2.05) is 58.9 Å². The highest BCUT2D eigenvalue weighted by atomic mass is 32.2. The average molecular weight is 319 g/mol. The van der Waals surface area contributed by atoms with E-state index in [9.17, 15) is 4.79 Å². The van der Waals surface area contributed by atoms with Gasteiger partial charge in [0, 0.05) is 5.69 Å². The minimum atomic E-state index is -0.299. The quantitative estimate of drug-likeness (QED) is 0.877. The van der Waals surface area contributed by atoms with Gasteiger partial charge < -0.3 is 5.32 Å². The van der Waals surface area contributed by atoms with E-state index >= 15 is 0 Å². The smallest absolute Gasteiger partial charge is 0.237 e. The highest BCUT2D eigenvalue weighted by molar-refractivity contribution is 8.00. The van der Waals surface area contributed by atoms with Gasteiger partial charge in [-0.1, -0.05) is 30.0 Å². The molecule has 0 radical (unpaired) electrons. The maximum atomic E-state index is 12.3. The van der Waals surface area contributed by atoms with Crippen molar-refractivity contribution in [2.75, 3.05) is 5.32 Å². The van der Waals surface area contributed by atoms with Crippen LogP contribution in [0, 0.1) is 6.92 Å². The molecule has 1 N–H and O–H groups in total. The number of carbonyl (C=O) groups is 1. The molecule has 1 aromatic carbocycles. The van der Waals surface area contributed by atoms with E-state index in [-0.39, 0.29) is 16.7 Å². The lowest BCUT2D eigenvalue weighted by molar-refractivity contribution is -0.115. The summed E-state index contributed by atoms with van der Waals surface area (Å²) in [6.07, 6.45) is 0. The summed E-state index contributed by atoms with van der Waals surface area (Å²) >= 11 is 1.35. The first-order valence-electron chi connectivity index (χ1n) is 7.11. The topological polar surface area (TPSA) is 72.7 Å². The Morgan fingerprint density at radius 1 is 1.32 bits per heavy atom. The first kappa shape index (κ1) is 16.5. The van der Waals surface area contributed by atoms with Gasteiger partial charge in [-0.05, 0) is 56.7 Å². The summed E-state index contributed by atoms with van der Waals surface area (Å²) < 4.78 is 1.73. The van der Waals surface area contributed by atoms with Crippen LogP contribution in [-0.2, 0) is 10.3 Å². The van der Waals surface area contributed by atoms with Crippen LogP contribution in [-0.4, -0.2) is 31.4 Å². The molecule has 2 rings (SSSR count). The SMILES string of the molecule is Cc1ccccc1NC(=O)C(C)Sc1nnnn1C(C)(C)C. The Kier molecular flexibility index (Phi) is 4.85. The molecule has 6 nitrogen and oxygen atoms in total. The fraction of sp³-hybridized carbons (Fsp3) is 0.467. The minimum absolute atomic E-state index is 0.0669. The molecule has 0 aliphatic rings. The molecule has 0 aliphatic carbocycles. The van der Waals surface area contributed by atoms with Gasteiger partial charge >= 0.3 is 0 Å². The first-order chi connectivity index (χ1) is 10.3. The Morgan fingerprint density at radius 2 is 2.00 bits per heavy atom. The molecule has 1 atom stereocenters. The van der Waals surface area contributed by atoms with Crippen LogP contribution in [0.4, 0.5) is 5.69 Å². The third kappa shape index (κ3) is 3.85. The summed E-state index contributed by atoms with van der Waals surface area (Å²) in [5.41, 5.74) is 1.64. The Bertz CT molecular complexity index is 662. The second kappa shape index (κ2) is 6.48. The summed E-state index contributed by atoms with van der Waals surface area (Å²) in [6, 6.07) is 7.71. The van der Waals surface area contributed by atoms with Crippen molar-refractivity contribution in [1.29, 1.82) is 0 Å². The van der Waals surface area contributed by atoms with Crippen LogP contribution in [0.2, 0.25) is 0 Å². The van der Waals surface area contributed by atoms with Crippen molar-refractivity contribution >= 4 is 23.4 Å². The first-order valence-corrected chi connectivity index (χ1v) is 7.99. The van der Waals surface area contributed by atoms with Gasteiger partial charge in [-0.15, -0.1) is 5.10 Å². The maximum Gasteiger partial charge on any atom is 0.237 e. The number of hydrogen-bond acceptors (Lipinski definition) is 5. The number of rotatable bonds is 4. The number of tetrazole rings is 1. The molecule has 118 valence electrons. The second-order valence-corrected chi connectivity index (χ2v) is 7.42. The largest absolute Gasteiger partial charge is 0.325 e. The molecule has 0 saturated heterocycles. The molecule has 7 heteroatoms. The van der Waals surface area contributed by atoms with Crippen molar-refractivity contribution in [3.05, 3.63) is 29.8 Å². The number of hydrogen-bond donors (Lipinski definition) is 1. The third-order valence-electron chi connectivity index (χ3n) is 3.13. The summed E-state index contributed by atoms with van der Waals surface area (Å²) in [5.74, 6) is -0.0669. The van der Waals surface area contributed by atoms with E-state index in [1.54, 1.807) is 4.68 Å². The van der Waals surface area contributed by atoms with Crippen molar-refractivity contribution in [2.24, 2.45) is 0 Å². The van der Waals surface area contributed by atoms with Crippen molar-refractivity contribution in [3.8, 4) is 0 Å². The number of para-hydroxylation sites is 1. The highest BCUT2D eigenvalue weighted by Crippen LogP contribution is 2.26. The van der Waals surface area contributed by atoms with Crippen LogP contribution in [0.3, 0.4) is 0 Å². The molecule has 1 unspecified atom stereocenters. The van der Waals surface area contributed by atoms with Crippen molar-refractivity contribution in [3.63, 3.8) is 0 Å². The third-order valence-corrected chi connectivity index (χ3v) is 4.16. The number of carbonyl (C=O) groups excluding carboxylic acids is 1. The summed E-state index contributed by atoms with van der Waals surface area (Å²) in [7, 11) is 0. The van der Waals surface area contributed by atoms with Gasteiger partial charge in [-0.2, -0.15) is 0 Å². The molecule has 0 aliphatic heterocycles. The minimum Gasteiger partial charge on any atom is -0.325 e.